The number of aryl methyl sites for hydroxylation is 1. The molecule has 1 saturated heterocycles. The molecule has 34 heavy (non-hydrogen) atoms. The Bertz CT molecular complexity index is 1550. The maximum Gasteiger partial charge on any atom is 0.285 e. The quantitative estimate of drug-likeness (QED) is 0.398. The van der Waals surface area contributed by atoms with Gasteiger partial charge in [-0.2, -0.15) is 5.10 Å². The van der Waals surface area contributed by atoms with E-state index in [4.69, 9.17) is 0 Å². The van der Waals surface area contributed by atoms with Gasteiger partial charge in [0, 0.05) is 51.4 Å². The Hall–Kier alpha value is -3.63. The van der Waals surface area contributed by atoms with Crippen LogP contribution in [0.5, 0.6) is 0 Å². The van der Waals surface area contributed by atoms with Gasteiger partial charge < -0.3 is 4.90 Å². The van der Waals surface area contributed by atoms with Gasteiger partial charge in [-0.1, -0.05) is 23.5 Å². The number of aromatic nitrogens is 5. The van der Waals surface area contributed by atoms with Crippen molar-refractivity contribution >= 4 is 37.7 Å². The first-order valence-corrected chi connectivity index (χ1v) is 11.9. The minimum atomic E-state index is -0.213. The summed E-state index contributed by atoms with van der Waals surface area (Å²) < 4.78 is 16.4. The minimum Gasteiger partial charge on any atom is -0.345 e. The van der Waals surface area contributed by atoms with Crippen LogP contribution in [-0.4, -0.2) is 55.4 Å². The highest BCUT2D eigenvalue weighted by Crippen LogP contribution is 2.27. The number of nitrogens with zero attached hydrogens (tertiary/aromatic N) is 7. The predicted octanol–water partition coefficient (Wildman–Crippen LogP) is 3.19. The molecule has 0 N–H and O–H groups in total. The number of anilines is 1. The van der Waals surface area contributed by atoms with Crippen molar-refractivity contribution in [3.8, 4) is 5.69 Å². The molecule has 0 atom stereocenters. The van der Waals surface area contributed by atoms with Crippen LogP contribution in [0.25, 0.3) is 26.9 Å². The third-order valence-corrected chi connectivity index (χ3v) is 7.18. The van der Waals surface area contributed by atoms with E-state index in [0.29, 0.717) is 10.3 Å². The van der Waals surface area contributed by atoms with Crippen molar-refractivity contribution in [1.29, 1.82) is 0 Å². The summed E-state index contributed by atoms with van der Waals surface area (Å²) in [4.78, 5) is 27.6. The highest BCUT2D eigenvalue weighted by molar-refractivity contribution is 7.21. The van der Waals surface area contributed by atoms with E-state index in [1.807, 2.05) is 43.6 Å². The van der Waals surface area contributed by atoms with Gasteiger partial charge in [-0.25, -0.2) is 14.4 Å². The Labute approximate surface area is 198 Å². The molecule has 5 aromatic rings. The Morgan fingerprint density at radius 2 is 1.85 bits per heavy atom. The third kappa shape index (κ3) is 3.84. The normalized spacial score (nSPS) is 14.9. The number of hydrogen-bond acceptors (Lipinski definition) is 7. The van der Waals surface area contributed by atoms with E-state index in [9.17, 15) is 9.18 Å². The zero-order valence-electron chi connectivity index (χ0n) is 18.6. The molecule has 0 amide bonds. The number of thiazole rings is 1. The zero-order valence-corrected chi connectivity index (χ0v) is 19.4. The van der Waals surface area contributed by atoms with Crippen LogP contribution >= 0.6 is 11.3 Å². The Balaban J connectivity index is 1.22. The van der Waals surface area contributed by atoms with Crippen molar-refractivity contribution in [2.24, 2.45) is 7.05 Å². The molecule has 0 unspecified atom stereocenters. The molecule has 0 saturated carbocycles. The van der Waals surface area contributed by atoms with E-state index >= 15 is 0 Å². The summed E-state index contributed by atoms with van der Waals surface area (Å²) in [6, 6.07) is 12.4. The molecule has 2 aromatic carbocycles. The molecule has 0 aliphatic carbocycles. The number of fused-ring (bicyclic) bond motifs is 2. The molecule has 0 radical (unpaired) electrons. The maximum absolute atomic E-state index is 13.2. The molecular weight excluding hydrogens is 453 g/mol. The first-order valence-electron chi connectivity index (χ1n) is 11.1. The second-order valence-electron chi connectivity index (χ2n) is 8.51. The molecule has 1 aliphatic rings. The summed E-state index contributed by atoms with van der Waals surface area (Å²) in [7, 11) is 1.87. The van der Waals surface area contributed by atoms with Gasteiger partial charge in [-0.3, -0.25) is 18.9 Å². The van der Waals surface area contributed by atoms with Gasteiger partial charge in [0.25, 0.3) is 5.56 Å². The van der Waals surface area contributed by atoms with Gasteiger partial charge >= 0.3 is 0 Å². The smallest absolute Gasteiger partial charge is 0.285 e. The number of rotatable bonds is 4. The molecule has 1 fully saturated rings. The summed E-state index contributed by atoms with van der Waals surface area (Å²) in [5.41, 5.74) is 2.93. The number of benzene rings is 2. The van der Waals surface area contributed by atoms with Crippen molar-refractivity contribution < 1.29 is 4.39 Å². The van der Waals surface area contributed by atoms with Crippen LogP contribution < -0.4 is 10.5 Å². The molecular formula is C24H22FN7OS. The van der Waals surface area contributed by atoms with Crippen LogP contribution in [0.2, 0.25) is 0 Å². The summed E-state index contributed by atoms with van der Waals surface area (Å²) in [5.74, 6) is -0.213. The first kappa shape index (κ1) is 20.9. The van der Waals surface area contributed by atoms with Crippen molar-refractivity contribution in [3.63, 3.8) is 0 Å². The number of halogens is 1. The molecule has 8 nitrogen and oxygen atoms in total. The lowest BCUT2D eigenvalue weighted by Gasteiger charge is -2.34. The molecule has 4 heterocycles. The molecule has 3 aromatic heterocycles. The fraction of sp³-hybridized carbons (Fsp3) is 0.250. The lowest BCUT2D eigenvalue weighted by atomic mass is 10.2. The first-order chi connectivity index (χ1) is 16.5. The highest BCUT2D eigenvalue weighted by atomic mass is 32.1. The fourth-order valence-electron chi connectivity index (χ4n) is 4.36. The SMILES string of the molecule is Cn1cc2cc(-n3cnc4sc(N5CCN(Cc6ccc(F)cc6)CC5)nc4c3=O)ccc2n1. The highest BCUT2D eigenvalue weighted by Gasteiger charge is 2.21. The monoisotopic (exact) mass is 475 g/mol. The minimum absolute atomic E-state index is 0.175. The standard InChI is InChI=1S/C24H22FN7OS/c1-29-14-17-12-19(6-7-20(17)28-29)32-15-26-22-21(23(32)33)27-24(34-22)31-10-8-30(9-11-31)13-16-2-4-18(25)5-3-16/h2-7,12,14-15H,8-11,13H2,1H3. The van der Waals surface area contributed by atoms with Crippen molar-refractivity contribution in [3.05, 3.63) is 76.7 Å². The predicted molar refractivity (Wildman–Crippen MR) is 131 cm³/mol. The topological polar surface area (TPSA) is 72.1 Å². The molecule has 172 valence electrons. The van der Waals surface area contributed by atoms with Crippen molar-refractivity contribution in [2.75, 3.05) is 31.1 Å². The van der Waals surface area contributed by atoms with Gasteiger partial charge in [0.05, 0.1) is 11.2 Å². The van der Waals surface area contributed by atoms with Crippen LogP contribution in [-0.2, 0) is 13.6 Å². The number of piperazine rings is 1. The van der Waals surface area contributed by atoms with Crippen LogP contribution in [0.4, 0.5) is 9.52 Å². The van der Waals surface area contributed by atoms with E-state index in [1.54, 1.807) is 15.6 Å². The zero-order chi connectivity index (χ0) is 23.2. The summed E-state index contributed by atoms with van der Waals surface area (Å²) in [5, 5.41) is 6.17. The van der Waals surface area contributed by atoms with Crippen LogP contribution in [0.1, 0.15) is 5.56 Å². The Morgan fingerprint density at radius 1 is 1.06 bits per heavy atom. The van der Waals surface area contributed by atoms with Gasteiger partial charge in [-0.15, -0.1) is 0 Å². The maximum atomic E-state index is 13.2. The lowest BCUT2D eigenvalue weighted by Crippen LogP contribution is -2.45. The third-order valence-electron chi connectivity index (χ3n) is 6.15. The molecule has 10 heteroatoms. The average Bonchev–Trinajstić information content (AvgIpc) is 3.44. The van der Waals surface area contributed by atoms with Crippen molar-refractivity contribution in [1.82, 2.24) is 29.2 Å². The van der Waals surface area contributed by atoms with E-state index in [0.717, 1.165) is 60.0 Å². The second-order valence-corrected chi connectivity index (χ2v) is 9.46. The van der Waals surface area contributed by atoms with Crippen LogP contribution in [0.15, 0.2) is 59.8 Å². The molecule has 6 rings (SSSR count). The molecule has 0 bridgehead atoms. The fourth-order valence-corrected chi connectivity index (χ4v) is 5.31. The van der Waals surface area contributed by atoms with Gasteiger partial charge in [0.2, 0.25) is 0 Å². The van der Waals surface area contributed by atoms with E-state index in [-0.39, 0.29) is 11.4 Å². The van der Waals surface area contributed by atoms with Gasteiger partial charge in [0.1, 0.15) is 12.1 Å². The summed E-state index contributed by atoms with van der Waals surface area (Å²) in [6.45, 7) is 4.16. The second kappa shape index (κ2) is 8.30. The van der Waals surface area contributed by atoms with Crippen LogP contribution in [0.3, 0.4) is 0 Å². The van der Waals surface area contributed by atoms with Gasteiger partial charge in [-0.05, 0) is 35.9 Å². The Kier molecular flexibility index (Phi) is 5.11. The number of hydrogen-bond donors (Lipinski definition) is 0. The van der Waals surface area contributed by atoms with E-state index in [2.05, 4.69) is 24.9 Å². The summed E-state index contributed by atoms with van der Waals surface area (Å²) >= 11 is 1.45. The van der Waals surface area contributed by atoms with Gasteiger partial charge in [0.15, 0.2) is 15.5 Å². The molecule has 1 aliphatic heterocycles. The largest absolute Gasteiger partial charge is 0.345 e. The Morgan fingerprint density at radius 3 is 2.65 bits per heavy atom. The average molecular weight is 476 g/mol. The summed E-state index contributed by atoms with van der Waals surface area (Å²) in [6.07, 6.45) is 3.50. The van der Waals surface area contributed by atoms with E-state index in [1.165, 1.54) is 23.5 Å². The molecule has 0 spiro atoms. The van der Waals surface area contributed by atoms with E-state index < -0.39 is 0 Å². The van der Waals surface area contributed by atoms with Crippen molar-refractivity contribution in [2.45, 2.75) is 6.54 Å². The lowest BCUT2D eigenvalue weighted by molar-refractivity contribution is 0.250. The van der Waals surface area contributed by atoms with Crippen LogP contribution in [0, 0.1) is 5.82 Å².